The number of β-amino-alcohol motifs (C(OH)–C–C–N with tert-alkyl or cyclic N) is 1. The van der Waals surface area contributed by atoms with Crippen LogP contribution in [0.4, 0.5) is 4.39 Å². The zero-order chi connectivity index (χ0) is 16.6. The van der Waals surface area contributed by atoms with Crippen LogP contribution in [-0.4, -0.2) is 23.3 Å². The number of ether oxygens (including phenoxy) is 1. The van der Waals surface area contributed by atoms with Gasteiger partial charge < -0.3 is 15.2 Å². The van der Waals surface area contributed by atoms with Crippen LogP contribution in [0.25, 0.3) is 11.1 Å². The molecule has 0 saturated heterocycles. The molecule has 2 unspecified atom stereocenters. The van der Waals surface area contributed by atoms with E-state index in [0.717, 1.165) is 16.7 Å². The lowest BCUT2D eigenvalue weighted by atomic mass is 9.90. The van der Waals surface area contributed by atoms with E-state index in [0.29, 0.717) is 12.3 Å². The number of benzene rings is 2. The second kappa shape index (κ2) is 5.95. The summed E-state index contributed by atoms with van der Waals surface area (Å²) in [6.45, 7) is 6.56. The molecule has 2 aromatic carbocycles. The fourth-order valence-electron chi connectivity index (χ4n) is 2.81. The van der Waals surface area contributed by atoms with Crippen LogP contribution in [0.5, 0.6) is 5.75 Å². The molecule has 4 heteroatoms. The molecule has 0 bridgehead atoms. The normalized spacial score (nSPS) is 17.9. The Balaban J connectivity index is 1.94. The number of nitrogens with one attached hydrogen (secondary N) is 1. The van der Waals surface area contributed by atoms with E-state index >= 15 is 0 Å². The summed E-state index contributed by atoms with van der Waals surface area (Å²) in [4.78, 5) is 0. The first-order valence-corrected chi connectivity index (χ1v) is 7.84. The van der Waals surface area contributed by atoms with Crippen LogP contribution in [-0.2, 0) is 0 Å². The number of hydrogen-bond acceptors (Lipinski definition) is 3. The summed E-state index contributed by atoms with van der Waals surface area (Å²) in [5, 5.41) is 13.9. The number of halogens is 1. The van der Waals surface area contributed by atoms with Crippen LogP contribution < -0.4 is 10.1 Å². The lowest BCUT2D eigenvalue weighted by Crippen LogP contribution is -2.43. The summed E-state index contributed by atoms with van der Waals surface area (Å²) in [6, 6.07) is 12.2. The molecule has 122 valence electrons. The Morgan fingerprint density at radius 3 is 2.65 bits per heavy atom. The molecule has 2 aromatic rings. The van der Waals surface area contributed by atoms with Gasteiger partial charge in [0.05, 0.1) is 0 Å². The van der Waals surface area contributed by atoms with Gasteiger partial charge in [0.1, 0.15) is 17.7 Å². The minimum atomic E-state index is -0.700. The maximum absolute atomic E-state index is 13.6. The summed E-state index contributed by atoms with van der Waals surface area (Å²) < 4.78 is 19.6. The molecule has 3 rings (SSSR count). The van der Waals surface area contributed by atoms with Crippen molar-refractivity contribution in [1.82, 2.24) is 5.32 Å². The Kier molecular flexibility index (Phi) is 4.13. The summed E-state index contributed by atoms with van der Waals surface area (Å²) in [5.41, 5.74) is 2.44. The van der Waals surface area contributed by atoms with Gasteiger partial charge in [-0.3, -0.25) is 0 Å². The average molecular weight is 315 g/mol. The zero-order valence-electron chi connectivity index (χ0n) is 13.6. The van der Waals surface area contributed by atoms with E-state index in [9.17, 15) is 9.50 Å². The predicted molar refractivity (Wildman–Crippen MR) is 89.0 cm³/mol. The van der Waals surface area contributed by atoms with Crippen molar-refractivity contribution < 1.29 is 14.2 Å². The molecular formula is C19H22FNO2. The van der Waals surface area contributed by atoms with Crippen molar-refractivity contribution in [3.8, 4) is 16.9 Å². The van der Waals surface area contributed by atoms with Gasteiger partial charge in [0.25, 0.3) is 0 Å². The highest BCUT2D eigenvalue weighted by atomic mass is 19.1. The minimum Gasteiger partial charge on any atom is -0.482 e. The third kappa shape index (κ3) is 3.38. The monoisotopic (exact) mass is 315 g/mol. The maximum atomic E-state index is 13.6. The highest BCUT2D eigenvalue weighted by Gasteiger charge is 2.31. The molecule has 1 aliphatic rings. The van der Waals surface area contributed by atoms with Crippen molar-refractivity contribution in [2.24, 2.45) is 0 Å². The molecule has 0 amide bonds. The second-order valence-corrected chi connectivity index (χ2v) is 6.96. The number of rotatable bonds is 3. The summed E-state index contributed by atoms with van der Waals surface area (Å²) in [7, 11) is 0. The van der Waals surface area contributed by atoms with Crippen LogP contribution in [0.1, 0.15) is 32.4 Å². The van der Waals surface area contributed by atoms with Gasteiger partial charge in [-0.1, -0.05) is 24.3 Å². The number of fused-ring (bicyclic) bond motifs is 3. The van der Waals surface area contributed by atoms with Gasteiger partial charge in [-0.2, -0.15) is 0 Å². The van der Waals surface area contributed by atoms with E-state index in [4.69, 9.17) is 4.74 Å². The largest absolute Gasteiger partial charge is 0.482 e. The molecular weight excluding hydrogens is 293 g/mol. The van der Waals surface area contributed by atoms with Crippen LogP contribution in [0.2, 0.25) is 0 Å². The zero-order valence-corrected chi connectivity index (χ0v) is 13.6. The topological polar surface area (TPSA) is 41.5 Å². The van der Waals surface area contributed by atoms with Gasteiger partial charge in [0.2, 0.25) is 0 Å². The molecule has 0 radical (unpaired) electrons. The predicted octanol–water partition coefficient (Wildman–Crippen LogP) is 3.68. The van der Waals surface area contributed by atoms with Gasteiger partial charge >= 0.3 is 0 Å². The molecule has 3 nitrogen and oxygen atoms in total. The van der Waals surface area contributed by atoms with E-state index in [1.807, 2.05) is 45.0 Å². The molecule has 2 N–H and O–H groups in total. The van der Waals surface area contributed by atoms with Gasteiger partial charge in [-0.15, -0.1) is 0 Å². The molecule has 23 heavy (non-hydrogen) atoms. The van der Waals surface area contributed by atoms with Crippen LogP contribution in [0, 0.1) is 5.82 Å². The van der Waals surface area contributed by atoms with Crippen LogP contribution in [0.3, 0.4) is 0 Å². The maximum Gasteiger partial charge on any atom is 0.151 e. The first kappa shape index (κ1) is 16.0. The van der Waals surface area contributed by atoms with E-state index in [-0.39, 0.29) is 11.4 Å². The summed E-state index contributed by atoms with van der Waals surface area (Å²) in [5.74, 6) is 0.306. The van der Waals surface area contributed by atoms with Gasteiger partial charge in [-0.25, -0.2) is 4.39 Å². The highest BCUT2D eigenvalue weighted by molar-refractivity contribution is 5.75. The molecule has 1 aliphatic heterocycles. The van der Waals surface area contributed by atoms with Crippen molar-refractivity contribution in [1.29, 1.82) is 0 Å². The quantitative estimate of drug-likeness (QED) is 0.908. The first-order chi connectivity index (χ1) is 10.8. The Hall–Kier alpha value is -1.91. The van der Waals surface area contributed by atoms with E-state index < -0.39 is 12.2 Å². The molecule has 0 aromatic heterocycles. The van der Waals surface area contributed by atoms with Crippen molar-refractivity contribution in [2.45, 2.75) is 38.5 Å². The molecule has 0 fully saturated rings. The smallest absolute Gasteiger partial charge is 0.151 e. The lowest BCUT2D eigenvalue weighted by molar-refractivity contribution is 0.0305. The lowest BCUT2D eigenvalue weighted by Gasteiger charge is -2.33. The van der Waals surface area contributed by atoms with Crippen molar-refractivity contribution in [2.75, 3.05) is 6.54 Å². The van der Waals surface area contributed by atoms with E-state index in [2.05, 4.69) is 5.32 Å². The number of aliphatic hydroxyl groups is 1. The molecule has 1 heterocycles. The fourth-order valence-corrected chi connectivity index (χ4v) is 2.81. The molecule has 0 saturated carbocycles. The summed E-state index contributed by atoms with van der Waals surface area (Å²) in [6.07, 6.45) is -1.17. The van der Waals surface area contributed by atoms with Crippen LogP contribution >= 0.6 is 0 Å². The second-order valence-electron chi connectivity index (χ2n) is 6.96. The average Bonchev–Trinajstić information content (AvgIpc) is 2.51. The highest BCUT2D eigenvalue weighted by Crippen LogP contribution is 2.43. The Morgan fingerprint density at radius 1 is 1.17 bits per heavy atom. The fraction of sp³-hybridized carbons (Fsp3) is 0.368. The molecule has 0 aliphatic carbocycles. The standard InChI is InChI=1S/C19H22FNO2/c1-19(2,3)21-11-16(22)18-14-7-5-4-6-13(14)15-10-12(20)8-9-17(15)23-18/h4-10,16,18,21-22H,11H2,1-3H3. The van der Waals surface area contributed by atoms with Crippen molar-refractivity contribution in [3.05, 3.63) is 53.8 Å². The van der Waals surface area contributed by atoms with Gasteiger partial charge in [0, 0.05) is 23.2 Å². The van der Waals surface area contributed by atoms with E-state index in [1.54, 1.807) is 6.07 Å². The third-order valence-corrected chi connectivity index (χ3v) is 3.94. The van der Waals surface area contributed by atoms with Gasteiger partial charge in [0.15, 0.2) is 6.10 Å². The molecule has 0 spiro atoms. The summed E-state index contributed by atoms with van der Waals surface area (Å²) >= 11 is 0. The van der Waals surface area contributed by atoms with Crippen molar-refractivity contribution in [3.63, 3.8) is 0 Å². The Bertz CT molecular complexity index is 709. The molecule has 2 atom stereocenters. The Morgan fingerprint density at radius 2 is 1.91 bits per heavy atom. The SMILES string of the molecule is CC(C)(C)NCC(O)C1Oc2ccc(F)cc2-c2ccccc21. The Labute approximate surface area is 136 Å². The van der Waals surface area contributed by atoms with Gasteiger partial charge in [-0.05, 0) is 44.5 Å². The third-order valence-electron chi connectivity index (χ3n) is 3.94. The number of hydrogen-bond donors (Lipinski definition) is 2. The minimum absolute atomic E-state index is 0.0871. The van der Waals surface area contributed by atoms with Crippen LogP contribution in [0.15, 0.2) is 42.5 Å². The number of aliphatic hydroxyl groups excluding tert-OH is 1. The van der Waals surface area contributed by atoms with Crippen molar-refractivity contribution >= 4 is 0 Å². The first-order valence-electron chi connectivity index (χ1n) is 7.84. The van der Waals surface area contributed by atoms with E-state index in [1.165, 1.54) is 12.1 Å².